The molecule has 1 unspecified atom stereocenters. The number of amides is 1. The van der Waals surface area contributed by atoms with Gasteiger partial charge in [-0.3, -0.25) is 4.79 Å². The number of rotatable bonds is 1. The maximum atomic E-state index is 12.5. The Kier molecular flexibility index (Phi) is 3.03. The molecule has 4 nitrogen and oxygen atoms in total. The summed E-state index contributed by atoms with van der Waals surface area (Å²) in [5.74, 6) is -0.117. The number of likely N-dealkylation sites (tertiary alicyclic amines) is 1. The Morgan fingerprint density at radius 2 is 2.15 bits per heavy atom. The van der Waals surface area contributed by atoms with Crippen molar-refractivity contribution in [3.05, 3.63) is 35.0 Å². The highest BCUT2D eigenvalue weighted by molar-refractivity contribution is 6.38. The van der Waals surface area contributed by atoms with Gasteiger partial charge in [-0.1, -0.05) is 37.6 Å². The van der Waals surface area contributed by atoms with Gasteiger partial charge in [0, 0.05) is 23.9 Å². The van der Waals surface area contributed by atoms with Crippen LogP contribution in [0.2, 0.25) is 5.02 Å². The van der Waals surface area contributed by atoms with Crippen LogP contribution in [0.4, 0.5) is 0 Å². The van der Waals surface area contributed by atoms with E-state index in [-0.39, 0.29) is 17.1 Å². The van der Waals surface area contributed by atoms with Gasteiger partial charge < -0.3 is 14.4 Å². The van der Waals surface area contributed by atoms with E-state index in [1.807, 2.05) is 32.0 Å². The van der Waals surface area contributed by atoms with Crippen molar-refractivity contribution in [2.45, 2.75) is 20.0 Å². The highest BCUT2D eigenvalue weighted by Gasteiger charge is 2.41. The largest absolute Gasteiger partial charge is 0.449 e. The van der Waals surface area contributed by atoms with Crippen LogP contribution in [-0.2, 0) is 0 Å². The molecule has 1 saturated heterocycles. The molecular formula is C15H16ClNO3. The Labute approximate surface area is 121 Å². The van der Waals surface area contributed by atoms with Gasteiger partial charge >= 0.3 is 0 Å². The summed E-state index contributed by atoms with van der Waals surface area (Å²) in [7, 11) is 0. The lowest BCUT2D eigenvalue weighted by atomic mass is 9.90. The first kappa shape index (κ1) is 13.5. The number of benzene rings is 1. The molecule has 2 aromatic rings. The fourth-order valence-electron chi connectivity index (χ4n) is 2.57. The van der Waals surface area contributed by atoms with Crippen molar-refractivity contribution in [2.75, 3.05) is 13.1 Å². The molecule has 1 aliphatic heterocycles. The smallest absolute Gasteiger partial charge is 0.291 e. The summed E-state index contributed by atoms with van der Waals surface area (Å²) in [6, 6.07) is 7.28. The molecule has 1 aromatic heterocycles. The molecule has 1 N–H and O–H groups in total. The minimum Gasteiger partial charge on any atom is -0.449 e. The fraction of sp³-hybridized carbons (Fsp3) is 0.400. The molecule has 1 aliphatic rings. The van der Waals surface area contributed by atoms with Gasteiger partial charge in [0.15, 0.2) is 0 Å². The third-order valence-corrected chi connectivity index (χ3v) is 4.29. The molecule has 0 radical (unpaired) electrons. The molecule has 20 heavy (non-hydrogen) atoms. The average molecular weight is 294 g/mol. The lowest BCUT2D eigenvalue weighted by Crippen LogP contribution is -2.30. The molecule has 1 atom stereocenters. The highest BCUT2D eigenvalue weighted by Crippen LogP contribution is 2.34. The number of nitrogens with zero attached hydrogens (tertiary/aromatic N) is 1. The van der Waals surface area contributed by atoms with Crippen LogP contribution in [-0.4, -0.2) is 35.1 Å². The first-order chi connectivity index (χ1) is 9.40. The van der Waals surface area contributed by atoms with Gasteiger partial charge in [0.1, 0.15) is 5.58 Å². The lowest BCUT2D eigenvalue weighted by Gasteiger charge is -2.20. The minimum absolute atomic E-state index is 0.151. The number of aliphatic hydroxyl groups excluding tert-OH is 1. The van der Waals surface area contributed by atoms with E-state index in [0.29, 0.717) is 23.7 Å². The van der Waals surface area contributed by atoms with Crippen LogP contribution in [0.3, 0.4) is 0 Å². The lowest BCUT2D eigenvalue weighted by molar-refractivity contribution is 0.0735. The SMILES string of the molecule is CC1(C)CN(C(=O)c2oc3ccccc3c2Cl)CC1O. The molecule has 1 amide bonds. The molecule has 3 rings (SSSR count). The second-order valence-electron chi connectivity index (χ2n) is 5.93. The molecule has 0 saturated carbocycles. The zero-order valence-corrected chi connectivity index (χ0v) is 12.1. The molecular weight excluding hydrogens is 278 g/mol. The van der Waals surface area contributed by atoms with Crippen LogP contribution in [0.5, 0.6) is 0 Å². The van der Waals surface area contributed by atoms with E-state index >= 15 is 0 Å². The Hall–Kier alpha value is -1.52. The van der Waals surface area contributed by atoms with Crippen molar-refractivity contribution in [1.82, 2.24) is 4.90 Å². The third-order valence-electron chi connectivity index (χ3n) is 3.91. The number of hydrogen-bond acceptors (Lipinski definition) is 3. The van der Waals surface area contributed by atoms with Gasteiger partial charge in [-0.2, -0.15) is 0 Å². The molecule has 5 heteroatoms. The van der Waals surface area contributed by atoms with Crippen LogP contribution >= 0.6 is 11.6 Å². The number of carbonyl (C=O) groups excluding carboxylic acids is 1. The number of para-hydroxylation sites is 1. The maximum Gasteiger partial charge on any atom is 0.291 e. The summed E-state index contributed by atoms with van der Waals surface area (Å²) in [5.41, 5.74) is 0.286. The average Bonchev–Trinajstić information content (AvgIpc) is 2.88. The molecule has 2 heterocycles. The van der Waals surface area contributed by atoms with Gasteiger partial charge in [-0.05, 0) is 12.1 Å². The number of aliphatic hydroxyl groups is 1. The quantitative estimate of drug-likeness (QED) is 0.879. The number of carbonyl (C=O) groups is 1. The van der Waals surface area contributed by atoms with Crippen LogP contribution < -0.4 is 0 Å². The molecule has 0 bridgehead atoms. The van der Waals surface area contributed by atoms with Gasteiger partial charge in [0.05, 0.1) is 11.1 Å². The first-order valence-corrected chi connectivity index (χ1v) is 6.92. The van der Waals surface area contributed by atoms with E-state index in [4.69, 9.17) is 16.0 Å². The Morgan fingerprint density at radius 3 is 2.75 bits per heavy atom. The second-order valence-corrected chi connectivity index (χ2v) is 6.31. The topological polar surface area (TPSA) is 53.7 Å². The normalized spacial score (nSPS) is 21.6. The number of halogens is 1. The van der Waals surface area contributed by atoms with Crippen LogP contribution in [0.15, 0.2) is 28.7 Å². The van der Waals surface area contributed by atoms with Crippen molar-refractivity contribution in [1.29, 1.82) is 0 Å². The van der Waals surface area contributed by atoms with E-state index < -0.39 is 6.10 Å². The Balaban J connectivity index is 1.96. The zero-order valence-electron chi connectivity index (χ0n) is 11.4. The van der Waals surface area contributed by atoms with Crippen molar-refractivity contribution < 1.29 is 14.3 Å². The maximum absolute atomic E-state index is 12.5. The summed E-state index contributed by atoms with van der Waals surface area (Å²) in [6.07, 6.45) is -0.533. The van der Waals surface area contributed by atoms with Gasteiger partial charge in [0.2, 0.25) is 5.76 Å². The van der Waals surface area contributed by atoms with E-state index in [1.54, 1.807) is 11.0 Å². The molecule has 0 aliphatic carbocycles. The Bertz CT molecular complexity index is 677. The number of hydrogen-bond donors (Lipinski definition) is 1. The second kappa shape index (κ2) is 4.50. The molecule has 1 fully saturated rings. The van der Waals surface area contributed by atoms with Gasteiger partial charge in [-0.15, -0.1) is 0 Å². The predicted molar refractivity (Wildman–Crippen MR) is 76.9 cm³/mol. The summed E-state index contributed by atoms with van der Waals surface area (Å²) in [4.78, 5) is 14.1. The summed E-state index contributed by atoms with van der Waals surface area (Å²) in [5, 5.41) is 11.0. The summed E-state index contributed by atoms with van der Waals surface area (Å²) in [6.45, 7) is 4.66. The predicted octanol–water partition coefficient (Wildman–Crippen LogP) is 2.93. The monoisotopic (exact) mass is 293 g/mol. The van der Waals surface area contributed by atoms with E-state index in [2.05, 4.69) is 0 Å². The van der Waals surface area contributed by atoms with Crippen LogP contribution in [0.25, 0.3) is 11.0 Å². The highest BCUT2D eigenvalue weighted by atomic mass is 35.5. The van der Waals surface area contributed by atoms with Crippen LogP contribution in [0.1, 0.15) is 24.4 Å². The van der Waals surface area contributed by atoms with Crippen molar-refractivity contribution >= 4 is 28.5 Å². The Morgan fingerprint density at radius 1 is 1.45 bits per heavy atom. The molecule has 1 aromatic carbocycles. The molecule has 106 valence electrons. The summed E-state index contributed by atoms with van der Waals surface area (Å²) < 4.78 is 5.57. The summed E-state index contributed by atoms with van der Waals surface area (Å²) >= 11 is 6.23. The van der Waals surface area contributed by atoms with Gasteiger partial charge in [-0.25, -0.2) is 0 Å². The van der Waals surface area contributed by atoms with Crippen molar-refractivity contribution in [3.63, 3.8) is 0 Å². The van der Waals surface area contributed by atoms with Crippen molar-refractivity contribution in [2.24, 2.45) is 5.41 Å². The third kappa shape index (κ3) is 2.00. The van der Waals surface area contributed by atoms with Crippen molar-refractivity contribution in [3.8, 4) is 0 Å². The van der Waals surface area contributed by atoms with E-state index in [1.165, 1.54) is 0 Å². The number of fused-ring (bicyclic) bond motifs is 1. The van der Waals surface area contributed by atoms with E-state index in [9.17, 15) is 9.90 Å². The number of furan rings is 1. The standard InChI is InChI=1S/C15H16ClNO3/c1-15(2)8-17(7-11(15)18)14(19)13-12(16)9-5-3-4-6-10(9)20-13/h3-6,11,18H,7-8H2,1-2H3. The van der Waals surface area contributed by atoms with Crippen LogP contribution in [0, 0.1) is 5.41 Å². The molecule has 0 spiro atoms. The fourth-order valence-corrected chi connectivity index (χ4v) is 2.84. The first-order valence-electron chi connectivity index (χ1n) is 6.54. The van der Waals surface area contributed by atoms with E-state index in [0.717, 1.165) is 5.39 Å². The minimum atomic E-state index is -0.533. The number of β-amino-alcohol motifs (C(OH)–C–C–N with tert-alkyl or cyclic N) is 1. The van der Waals surface area contributed by atoms with Gasteiger partial charge in [0.25, 0.3) is 5.91 Å². The zero-order chi connectivity index (χ0) is 14.5.